The minimum atomic E-state index is -2.49. The van der Waals surface area contributed by atoms with Gasteiger partial charge in [-0.05, 0) is 50.2 Å². The van der Waals surface area contributed by atoms with Crippen LogP contribution in [0.3, 0.4) is 0 Å². The summed E-state index contributed by atoms with van der Waals surface area (Å²) in [5.74, 6) is -2.30. The summed E-state index contributed by atoms with van der Waals surface area (Å²) in [5.41, 5.74) is 2.61. The maximum atomic E-state index is 12.7. The summed E-state index contributed by atoms with van der Waals surface area (Å²) in [6.07, 6.45) is 0. The van der Waals surface area contributed by atoms with Crippen molar-refractivity contribution in [3.05, 3.63) is 53.9 Å². The molecule has 0 fully saturated rings. The van der Waals surface area contributed by atoms with Crippen LogP contribution in [0.2, 0.25) is 0 Å². The Morgan fingerprint density at radius 1 is 1.16 bits per heavy atom. The molecule has 3 rings (SSSR count). The highest BCUT2D eigenvalue weighted by Crippen LogP contribution is 2.26. The summed E-state index contributed by atoms with van der Waals surface area (Å²) < 4.78 is 33.9. The van der Waals surface area contributed by atoms with Crippen LogP contribution in [0, 0.1) is 6.92 Å². The first-order valence-electron chi connectivity index (χ1n) is 9.88. The third-order valence-corrected chi connectivity index (χ3v) is 5.55. The molecule has 9 heteroatoms. The number of fused-ring (bicyclic) bond motifs is 1. The summed E-state index contributed by atoms with van der Waals surface area (Å²) in [4.78, 5) is 25.3. The maximum Gasteiger partial charge on any atom is 0.338 e. The van der Waals surface area contributed by atoms with E-state index in [1.54, 1.807) is 43.3 Å². The van der Waals surface area contributed by atoms with Gasteiger partial charge < -0.3 is 10.1 Å². The average molecular weight is 449 g/mol. The molecule has 6 nitrogen and oxygen atoms in total. The van der Waals surface area contributed by atoms with Crippen molar-refractivity contribution in [1.82, 2.24) is 4.57 Å². The molecule has 0 atom stereocenters. The molecule has 31 heavy (non-hydrogen) atoms. The Bertz CT molecular complexity index is 1100. The van der Waals surface area contributed by atoms with E-state index in [1.165, 1.54) is 0 Å². The predicted molar refractivity (Wildman–Crippen MR) is 115 cm³/mol. The van der Waals surface area contributed by atoms with E-state index in [1.807, 2.05) is 24.5 Å². The number of nitrogens with one attached hydrogen (secondary N) is 1. The molecule has 2 aromatic carbocycles. The molecule has 1 aromatic heterocycles. The van der Waals surface area contributed by atoms with Crippen LogP contribution in [0.25, 0.3) is 11.0 Å². The lowest BCUT2D eigenvalue weighted by atomic mass is 10.2. The van der Waals surface area contributed by atoms with Crippen molar-refractivity contribution in [2.24, 2.45) is 0 Å². The van der Waals surface area contributed by atoms with E-state index in [-0.39, 0.29) is 19.1 Å². The first kappa shape index (κ1) is 22.7. The Morgan fingerprint density at radius 3 is 2.48 bits per heavy atom. The third kappa shape index (κ3) is 5.22. The fraction of sp³-hybridized carbons (Fsp3) is 0.318. The zero-order valence-corrected chi connectivity index (χ0v) is 18.3. The molecule has 0 aliphatic heterocycles. The molecule has 164 valence electrons. The van der Waals surface area contributed by atoms with Gasteiger partial charge >= 0.3 is 5.97 Å². The Balaban J connectivity index is 1.85. The van der Waals surface area contributed by atoms with Crippen molar-refractivity contribution in [1.29, 1.82) is 0 Å². The normalized spacial score (nSPS) is 11.2. The minimum Gasteiger partial charge on any atom is -0.462 e. The van der Waals surface area contributed by atoms with Gasteiger partial charge in [-0.15, -0.1) is 0 Å². The molecule has 3 aromatic rings. The summed E-state index contributed by atoms with van der Waals surface area (Å²) in [6.45, 7) is 6.70. The van der Waals surface area contributed by atoms with Crippen LogP contribution in [0.1, 0.15) is 30.0 Å². The number of anilines is 1. The van der Waals surface area contributed by atoms with E-state index in [9.17, 15) is 18.4 Å². The molecule has 0 spiro atoms. The van der Waals surface area contributed by atoms with Crippen molar-refractivity contribution in [3.8, 4) is 0 Å². The molecule has 0 aliphatic carbocycles. The van der Waals surface area contributed by atoms with E-state index in [0.717, 1.165) is 16.9 Å². The number of rotatable bonds is 8. The van der Waals surface area contributed by atoms with E-state index in [4.69, 9.17) is 4.74 Å². The molecule has 0 bridgehead atoms. The molecule has 1 amide bonds. The van der Waals surface area contributed by atoms with E-state index in [2.05, 4.69) is 9.88 Å². The van der Waals surface area contributed by atoms with Crippen molar-refractivity contribution in [2.75, 3.05) is 11.9 Å². The minimum absolute atomic E-state index is 0.0369. The van der Waals surface area contributed by atoms with Crippen LogP contribution in [-0.2, 0) is 22.6 Å². The van der Waals surface area contributed by atoms with Crippen molar-refractivity contribution < 1.29 is 27.7 Å². The number of hydrogen-bond acceptors (Lipinski definition) is 4. The molecule has 0 saturated carbocycles. The van der Waals surface area contributed by atoms with Gasteiger partial charge in [0.1, 0.15) is 0 Å². The lowest BCUT2D eigenvalue weighted by molar-refractivity contribution is -0.674. The van der Waals surface area contributed by atoms with E-state index >= 15 is 0 Å². The summed E-state index contributed by atoms with van der Waals surface area (Å²) in [7, 11) is 0. The van der Waals surface area contributed by atoms with Crippen LogP contribution in [-0.4, -0.2) is 28.8 Å². The SMILES string of the molecule is CCOC(=O)c1ccc2c(c1)n(CC(=O)Nc1ccc(SC(F)F)cc1)c(C)[n+]2CC. The topological polar surface area (TPSA) is 64.2 Å². The second kappa shape index (κ2) is 9.91. The molecule has 0 radical (unpaired) electrons. The van der Waals surface area contributed by atoms with Gasteiger partial charge in [-0.2, -0.15) is 8.78 Å². The Morgan fingerprint density at radius 2 is 1.87 bits per heavy atom. The van der Waals surface area contributed by atoms with E-state index in [0.29, 0.717) is 34.5 Å². The van der Waals surface area contributed by atoms with E-state index < -0.39 is 11.7 Å². The summed E-state index contributed by atoms with van der Waals surface area (Å²) in [5, 5.41) is 2.79. The maximum absolute atomic E-state index is 12.7. The van der Waals surface area contributed by atoms with Gasteiger partial charge in [0.2, 0.25) is 0 Å². The zero-order valence-electron chi connectivity index (χ0n) is 17.5. The Hall–Kier alpha value is -2.94. The monoisotopic (exact) mass is 448 g/mol. The standard InChI is InChI=1S/C22H23F2N3O3S/c1-4-26-14(3)27(19-12-15(6-11-18(19)26)21(29)30-5-2)13-20(28)25-16-7-9-17(10-8-16)31-22(23)24/h6-12,22H,4-5,13H2,1-3H3/p+1. The predicted octanol–water partition coefficient (Wildman–Crippen LogP) is 4.39. The number of imidazole rings is 1. The number of carbonyl (C=O) groups is 2. The third-order valence-electron chi connectivity index (χ3n) is 4.83. The largest absolute Gasteiger partial charge is 0.462 e. The first-order valence-corrected chi connectivity index (χ1v) is 10.8. The number of carbonyl (C=O) groups excluding carboxylic acids is 2. The number of aromatic nitrogens is 2. The number of hydrogen-bond donors (Lipinski definition) is 1. The van der Waals surface area contributed by atoms with Gasteiger partial charge in [0.25, 0.3) is 17.5 Å². The Labute approximate surface area is 183 Å². The number of ether oxygens (including phenoxy) is 1. The number of aryl methyl sites for hydroxylation is 1. The van der Waals surface area contributed by atoms with Crippen LogP contribution < -0.4 is 9.88 Å². The van der Waals surface area contributed by atoms with Gasteiger partial charge in [0.05, 0.1) is 18.7 Å². The molecule has 0 saturated heterocycles. The molecular formula is C22H24F2N3O3S+. The van der Waals surface area contributed by atoms with Gasteiger partial charge in [-0.1, -0.05) is 11.8 Å². The lowest BCUT2D eigenvalue weighted by Gasteiger charge is -2.06. The average Bonchev–Trinajstić information content (AvgIpc) is 2.99. The highest BCUT2D eigenvalue weighted by atomic mass is 32.2. The number of benzene rings is 2. The highest BCUT2D eigenvalue weighted by molar-refractivity contribution is 7.99. The number of esters is 1. The summed E-state index contributed by atoms with van der Waals surface area (Å²) in [6, 6.07) is 11.6. The second-order valence-electron chi connectivity index (χ2n) is 6.75. The molecule has 0 aliphatic rings. The number of halogens is 2. The number of amides is 1. The van der Waals surface area contributed by atoms with Gasteiger partial charge in [0, 0.05) is 23.6 Å². The number of thioether (sulfide) groups is 1. The number of alkyl halides is 2. The van der Waals surface area contributed by atoms with Crippen molar-refractivity contribution >= 4 is 40.4 Å². The molecule has 0 unspecified atom stereocenters. The second-order valence-corrected chi connectivity index (χ2v) is 7.82. The summed E-state index contributed by atoms with van der Waals surface area (Å²) >= 11 is 0.454. The van der Waals surface area contributed by atoms with Crippen LogP contribution in [0.5, 0.6) is 0 Å². The first-order chi connectivity index (χ1) is 14.8. The van der Waals surface area contributed by atoms with Crippen LogP contribution in [0.4, 0.5) is 14.5 Å². The fourth-order valence-corrected chi connectivity index (χ4v) is 3.97. The smallest absolute Gasteiger partial charge is 0.338 e. The highest BCUT2D eigenvalue weighted by Gasteiger charge is 2.24. The van der Waals surface area contributed by atoms with Crippen LogP contribution in [0.15, 0.2) is 47.4 Å². The Kier molecular flexibility index (Phi) is 7.27. The number of nitrogens with zero attached hydrogens (tertiary/aromatic N) is 2. The lowest BCUT2D eigenvalue weighted by Crippen LogP contribution is -2.35. The van der Waals surface area contributed by atoms with Crippen molar-refractivity contribution in [2.45, 2.75) is 44.5 Å². The fourth-order valence-electron chi connectivity index (χ4n) is 3.47. The van der Waals surface area contributed by atoms with Crippen LogP contribution >= 0.6 is 11.8 Å². The molecule has 1 heterocycles. The van der Waals surface area contributed by atoms with Gasteiger partial charge in [0.15, 0.2) is 17.6 Å². The van der Waals surface area contributed by atoms with Crippen molar-refractivity contribution in [3.63, 3.8) is 0 Å². The van der Waals surface area contributed by atoms with Gasteiger partial charge in [-0.3, -0.25) is 4.79 Å². The molecule has 1 N–H and O–H groups in total. The van der Waals surface area contributed by atoms with Gasteiger partial charge in [-0.25, -0.2) is 13.9 Å². The molecular weight excluding hydrogens is 424 g/mol. The quantitative estimate of drug-likeness (QED) is 0.315. The zero-order chi connectivity index (χ0) is 22.5.